The summed E-state index contributed by atoms with van der Waals surface area (Å²) in [6.07, 6.45) is 6.48. The number of aromatic nitrogens is 2. The maximum atomic E-state index is 11.1. The van der Waals surface area contributed by atoms with Gasteiger partial charge in [0.25, 0.3) is 0 Å². The lowest BCUT2D eigenvalue weighted by atomic mass is 10.0. The molecule has 5 rings (SSSR count). The Kier molecular flexibility index (Phi) is 6.88. The van der Waals surface area contributed by atoms with Crippen LogP contribution in [-0.2, 0) is 6.61 Å². The molecule has 6 nitrogen and oxygen atoms in total. The van der Waals surface area contributed by atoms with Crippen LogP contribution in [0.15, 0.2) is 59.6 Å². The average Bonchev–Trinajstić information content (AvgIpc) is 3.60. The predicted octanol–water partition coefficient (Wildman–Crippen LogP) is 7.25. The number of ether oxygens (including phenoxy) is 1. The molecule has 1 fully saturated rings. The highest BCUT2D eigenvalue weighted by atomic mass is 35.5. The Hall–Kier alpha value is -3.50. The lowest BCUT2D eigenvalue weighted by Gasteiger charge is -2.11. The van der Waals surface area contributed by atoms with Gasteiger partial charge in [-0.2, -0.15) is 0 Å². The first-order valence-electron chi connectivity index (χ1n) is 10.9. The summed E-state index contributed by atoms with van der Waals surface area (Å²) in [7, 11) is 0. The second kappa shape index (κ2) is 10.2. The van der Waals surface area contributed by atoms with Crippen LogP contribution < -0.4 is 4.74 Å². The van der Waals surface area contributed by atoms with Gasteiger partial charge in [-0.1, -0.05) is 57.9 Å². The predicted molar refractivity (Wildman–Crippen MR) is 137 cm³/mol. The summed E-state index contributed by atoms with van der Waals surface area (Å²) >= 11 is 19.6. The van der Waals surface area contributed by atoms with E-state index in [1.165, 1.54) is 24.7 Å². The summed E-state index contributed by atoms with van der Waals surface area (Å²) in [5, 5.41) is 14.7. The Bertz CT molecular complexity index is 1530. The van der Waals surface area contributed by atoms with E-state index in [0.717, 1.165) is 18.4 Å². The Labute approximate surface area is 221 Å². The number of carboxylic acids is 1. The molecule has 2 aromatic carbocycles. The van der Waals surface area contributed by atoms with Crippen molar-refractivity contribution in [3.63, 3.8) is 0 Å². The van der Waals surface area contributed by atoms with Crippen molar-refractivity contribution in [2.75, 3.05) is 0 Å². The Morgan fingerprint density at radius 2 is 1.92 bits per heavy atom. The van der Waals surface area contributed by atoms with E-state index >= 15 is 0 Å². The zero-order valence-electron chi connectivity index (χ0n) is 18.6. The average molecular weight is 540 g/mol. The number of aromatic carboxylic acids is 1. The summed E-state index contributed by atoms with van der Waals surface area (Å²) in [5.41, 5.74) is 4.03. The zero-order valence-corrected chi connectivity index (χ0v) is 20.9. The van der Waals surface area contributed by atoms with E-state index in [9.17, 15) is 4.79 Å². The number of benzene rings is 2. The van der Waals surface area contributed by atoms with Gasteiger partial charge in [0.15, 0.2) is 0 Å². The van der Waals surface area contributed by atoms with Crippen molar-refractivity contribution in [3.8, 4) is 28.8 Å². The molecule has 36 heavy (non-hydrogen) atoms. The van der Waals surface area contributed by atoms with Gasteiger partial charge in [-0.25, -0.2) is 4.79 Å². The molecule has 4 aromatic rings. The first-order valence-corrected chi connectivity index (χ1v) is 12.1. The maximum Gasteiger partial charge on any atom is 0.337 e. The van der Waals surface area contributed by atoms with Crippen molar-refractivity contribution in [1.29, 1.82) is 0 Å². The number of pyridine rings is 1. The monoisotopic (exact) mass is 538 g/mol. The number of halogens is 3. The standard InChI is InChI=1S/C27H17Cl3N2O4/c28-22-8-7-21(16-3-4-16)25(30)24(22)26-19(14-36-32-26)13-35-20-6-5-17(23(29)10-20)2-1-15-9-18(27(33)34)12-31-11-15/h5-12,14,16H,3-4,13H2,(H,33,34). The van der Waals surface area contributed by atoms with Crippen LogP contribution in [0.5, 0.6) is 5.75 Å². The lowest BCUT2D eigenvalue weighted by Crippen LogP contribution is -1.98. The summed E-state index contributed by atoms with van der Waals surface area (Å²) < 4.78 is 11.1. The van der Waals surface area contributed by atoms with Gasteiger partial charge in [0, 0.05) is 35.2 Å². The van der Waals surface area contributed by atoms with Gasteiger partial charge in [-0.05, 0) is 48.6 Å². The first kappa shape index (κ1) is 24.2. The van der Waals surface area contributed by atoms with E-state index in [0.29, 0.717) is 54.7 Å². The van der Waals surface area contributed by atoms with Crippen LogP contribution in [0.4, 0.5) is 0 Å². The fourth-order valence-corrected chi connectivity index (χ4v) is 4.60. The molecule has 0 saturated heterocycles. The van der Waals surface area contributed by atoms with Gasteiger partial charge in [-0.15, -0.1) is 0 Å². The molecule has 0 amide bonds. The molecule has 2 aromatic heterocycles. The van der Waals surface area contributed by atoms with Gasteiger partial charge < -0.3 is 14.4 Å². The maximum absolute atomic E-state index is 11.1. The minimum Gasteiger partial charge on any atom is -0.489 e. The van der Waals surface area contributed by atoms with E-state index < -0.39 is 5.97 Å². The summed E-state index contributed by atoms with van der Waals surface area (Å²) in [4.78, 5) is 15.0. The second-order valence-electron chi connectivity index (χ2n) is 8.24. The van der Waals surface area contributed by atoms with Crippen LogP contribution >= 0.6 is 34.8 Å². The highest BCUT2D eigenvalue weighted by Crippen LogP contribution is 2.48. The molecule has 1 saturated carbocycles. The third kappa shape index (κ3) is 5.19. The quantitative estimate of drug-likeness (QED) is 0.260. The van der Waals surface area contributed by atoms with E-state index in [4.69, 9.17) is 49.2 Å². The Morgan fingerprint density at radius 3 is 2.67 bits per heavy atom. The van der Waals surface area contributed by atoms with Crippen molar-refractivity contribution in [1.82, 2.24) is 10.1 Å². The molecule has 0 spiro atoms. The van der Waals surface area contributed by atoms with Gasteiger partial charge in [-0.3, -0.25) is 4.98 Å². The van der Waals surface area contributed by atoms with Crippen molar-refractivity contribution in [2.24, 2.45) is 0 Å². The summed E-state index contributed by atoms with van der Waals surface area (Å²) in [6.45, 7) is 0.161. The number of carbonyl (C=O) groups is 1. The fourth-order valence-electron chi connectivity index (χ4n) is 3.67. The first-order chi connectivity index (χ1) is 17.4. The van der Waals surface area contributed by atoms with Crippen LogP contribution in [0.2, 0.25) is 15.1 Å². The molecule has 0 radical (unpaired) electrons. The van der Waals surface area contributed by atoms with Crippen LogP contribution in [0.1, 0.15) is 51.4 Å². The molecular formula is C27H17Cl3N2O4. The van der Waals surface area contributed by atoms with Crippen LogP contribution in [0.25, 0.3) is 11.3 Å². The molecule has 1 N–H and O–H groups in total. The molecule has 0 bridgehead atoms. The number of hydrogen-bond acceptors (Lipinski definition) is 5. The van der Waals surface area contributed by atoms with Crippen LogP contribution in [0.3, 0.4) is 0 Å². The van der Waals surface area contributed by atoms with Gasteiger partial charge >= 0.3 is 5.97 Å². The molecule has 2 heterocycles. The molecular weight excluding hydrogens is 523 g/mol. The smallest absolute Gasteiger partial charge is 0.337 e. The topological polar surface area (TPSA) is 85.5 Å². The van der Waals surface area contributed by atoms with Crippen LogP contribution in [-0.4, -0.2) is 21.2 Å². The lowest BCUT2D eigenvalue weighted by molar-refractivity contribution is 0.0696. The normalized spacial score (nSPS) is 12.6. The Morgan fingerprint density at radius 1 is 1.08 bits per heavy atom. The minimum absolute atomic E-state index is 0.0617. The highest BCUT2D eigenvalue weighted by Gasteiger charge is 2.29. The molecule has 9 heteroatoms. The minimum atomic E-state index is -1.07. The molecule has 0 aliphatic heterocycles. The van der Waals surface area contributed by atoms with Gasteiger partial charge in [0.2, 0.25) is 0 Å². The molecule has 0 unspecified atom stereocenters. The number of nitrogens with zero attached hydrogens (tertiary/aromatic N) is 2. The SMILES string of the molecule is O=C(O)c1cncc(C#Cc2ccc(OCc3conc3-c3c(Cl)ccc(C4CC4)c3Cl)cc2Cl)c1. The molecule has 1 aliphatic carbocycles. The molecule has 1 aliphatic rings. The van der Waals surface area contributed by atoms with Gasteiger partial charge in [0.05, 0.1) is 26.2 Å². The molecule has 180 valence electrons. The molecule has 0 atom stereocenters. The summed E-state index contributed by atoms with van der Waals surface area (Å²) in [5.74, 6) is 5.72. The van der Waals surface area contributed by atoms with Crippen molar-refractivity contribution in [2.45, 2.75) is 25.4 Å². The van der Waals surface area contributed by atoms with E-state index in [2.05, 4.69) is 22.0 Å². The largest absolute Gasteiger partial charge is 0.489 e. The number of rotatable bonds is 6. The van der Waals surface area contributed by atoms with Crippen molar-refractivity contribution >= 4 is 40.8 Å². The van der Waals surface area contributed by atoms with Crippen molar-refractivity contribution < 1.29 is 19.2 Å². The summed E-state index contributed by atoms with van der Waals surface area (Å²) in [6, 6.07) is 10.4. The van der Waals surface area contributed by atoms with Gasteiger partial charge in [0.1, 0.15) is 24.3 Å². The van der Waals surface area contributed by atoms with Crippen molar-refractivity contribution in [3.05, 3.63) is 97.9 Å². The number of hydrogen-bond donors (Lipinski definition) is 1. The third-order valence-corrected chi connectivity index (χ3v) is 6.71. The zero-order chi connectivity index (χ0) is 25.2. The Balaban J connectivity index is 1.32. The third-order valence-electron chi connectivity index (χ3n) is 5.68. The highest BCUT2D eigenvalue weighted by molar-refractivity contribution is 6.39. The second-order valence-corrected chi connectivity index (χ2v) is 9.43. The van der Waals surface area contributed by atoms with E-state index in [1.807, 2.05) is 12.1 Å². The van der Waals surface area contributed by atoms with Crippen LogP contribution in [0, 0.1) is 11.8 Å². The van der Waals surface area contributed by atoms with E-state index in [1.54, 1.807) is 18.2 Å². The number of carboxylic acid groups (broad SMARTS) is 1. The fraction of sp³-hybridized carbons (Fsp3) is 0.148. The van der Waals surface area contributed by atoms with E-state index in [-0.39, 0.29) is 12.2 Å².